The molecule has 2 amide bonds. The van der Waals surface area contributed by atoms with Gasteiger partial charge in [-0.1, -0.05) is 23.7 Å². The first-order chi connectivity index (χ1) is 12.9. The number of carbonyl (C=O) groups is 2. The Morgan fingerprint density at radius 2 is 1.96 bits per heavy atom. The van der Waals surface area contributed by atoms with Gasteiger partial charge < -0.3 is 9.73 Å². The third-order valence-corrected chi connectivity index (χ3v) is 4.99. The fraction of sp³-hybridized carbons (Fsp3) is 0.105. The summed E-state index contributed by atoms with van der Waals surface area (Å²) in [5, 5.41) is 6.94. The van der Waals surface area contributed by atoms with Gasteiger partial charge in [0.2, 0.25) is 0 Å². The summed E-state index contributed by atoms with van der Waals surface area (Å²) in [7, 11) is 0. The van der Waals surface area contributed by atoms with Gasteiger partial charge in [0, 0.05) is 5.69 Å². The number of carbonyl (C=O) groups excluding carboxylic acids is 2. The smallest absolute Gasteiger partial charge is 0.274 e. The standard InChI is InChI=1S/C19H16ClN3O3S/c1-11(22-23-18(24)15-8-9-26-12(15)2)13-4-3-5-14(10-13)21-19(25)16-6-7-17(20)27-16/h3-10H,1-2H3,(H,21,25)(H,23,24). The maximum atomic E-state index is 12.2. The Kier molecular flexibility index (Phi) is 5.73. The first-order valence-corrected chi connectivity index (χ1v) is 9.19. The summed E-state index contributed by atoms with van der Waals surface area (Å²) in [5.74, 6) is -0.0549. The number of thiophene rings is 1. The number of nitrogens with one attached hydrogen (secondary N) is 2. The number of hydrazone groups is 1. The van der Waals surface area contributed by atoms with Crippen LogP contribution in [-0.4, -0.2) is 17.5 Å². The van der Waals surface area contributed by atoms with Crippen LogP contribution in [0.25, 0.3) is 0 Å². The minimum Gasteiger partial charge on any atom is -0.469 e. The summed E-state index contributed by atoms with van der Waals surface area (Å²) < 4.78 is 5.67. The van der Waals surface area contributed by atoms with E-state index in [4.69, 9.17) is 16.0 Å². The lowest BCUT2D eigenvalue weighted by atomic mass is 10.1. The molecule has 2 heterocycles. The zero-order valence-corrected chi connectivity index (χ0v) is 16.1. The monoisotopic (exact) mass is 401 g/mol. The molecule has 6 nitrogen and oxygen atoms in total. The molecule has 0 radical (unpaired) electrons. The third-order valence-electron chi connectivity index (χ3n) is 3.76. The van der Waals surface area contributed by atoms with Crippen molar-refractivity contribution in [3.63, 3.8) is 0 Å². The maximum absolute atomic E-state index is 12.2. The van der Waals surface area contributed by atoms with E-state index < -0.39 is 0 Å². The number of nitrogens with zero attached hydrogens (tertiary/aromatic N) is 1. The lowest BCUT2D eigenvalue weighted by Gasteiger charge is -2.07. The predicted molar refractivity (Wildman–Crippen MR) is 107 cm³/mol. The number of hydrogen-bond acceptors (Lipinski definition) is 5. The maximum Gasteiger partial charge on any atom is 0.274 e. The zero-order chi connectivity index (χ0) is 19.4. The van der Waals surface area contributed by atoms with E-state index in [-0.39, 0.29) is 11.8 Å². The van der Waals surface area contributed by atoms with Crippen molar-refractivity contribution in [3.05, 3.63) is 74.8 Å². The van der Waals surface area contributed by atoms with Gasteiger partial charge in [0.15, 0.2) is 0 Å². The highest BCUT2D eigenvalue weighted by molar-refractivity contribution is 7.18. The molecule has 3 aromatic rings. The summed E-state index contributed by atoms with van der Waals surface area (Å²) >= 11 is 7.07. The molecular formula is C19H16ClN3O3S. The van der Waals surface area contributed by atoms with Crippen LogP contribution in [-0.2, 0) is 0 Å². The fourth-order valence-electron chi connectivity index (χ4n) is 2.33. The second-order valence-corrected chi connectivity index (χ2v) is 7.38. The Bertz CT molecular complexity index is 1020. The number of benzene rings is 1. The summed E-state index contributed by atoms with van der Waals surface area (Å²) in [5.41, 5.74) is 4.92. The van der Waals surface area contributed by atoms with Crippen LogP contribution < -0.4 is 10.7 Å². The molecule has 0 atom stereocenters. The SMILES string of the molecule is CC(=NNC(=O)c1ccoc1C)c1cccc(NC(=O)c2ccc(Cl)s2)c1. The van der Waals surface area contributed by atoms with Gasteiger partial charge >= 0.3 is 0 Å². The highest BCUT2D eigenvalue weighted by Crippen LogP contribution is 2.22. The molecule has 1 aromatic carbocycles. The molecule has 0 aliphatic rings. The Morgan fingerprint density at radius 3 is 2.63 bits per heavy atom. The van der Waals surface area contributed by atoms with Crippen molar-refractivity contribution in [2.75, 3.05) is 5.32 Å². The molecule has 0 aliphatic heterocycles. The lowest BCUT2D eigenvalue weighted by Crippen LogP contribution is -2.19. The molecule has 138 valence electrons. The third kappa shape index (κ3) is 4.64. The molecule has 0 fully saturated rings. The normalized spacial score (nSPS) is 11.3. The zero-order valence-electron chi connectivity index (χ0n) is 14.6. The number of aryl methyl sites for hydroxylation is 1. The summed E-state index contributed by atoms with van der Waals surface area (Å²) in [4.78, 5) is 24.8. The summed E-state index contributed by atoms with van der Waals surface area (Å²) in [6, 6.07) is 12.1. The van der Waals surface area contributed by atoms with Gasteiger partial charge in [0.25, 0.3) is 11.8 Å². The molecule has 2 N–H and O–H groups in total. The number of amides is 2. The van der Waals surface area contributed by atoms with Gasteiger partial charge in [-0.25, -0.2) is 5.43 Å². The van der Waals surface area contributed by atoms with Crippen molar-refractivity contribution in [1.82, 2.24) is 5.43 Å². The molecule has 0 spiro atoms. The van der Waals surface area contributed by atoms with Crippen LogP contribution in [0.4, 0.5) is 5.69 Å². The highest BCUT2D eigenvalue weighted by atomic mass is 35.5. The van der Waals surface area contributed by atoms with Gasteiger partial charge in [0.05, 0.1) is 26.8 Å². The van der Waals surface area contributed by atoms with Gasteiger partial charge in [-0.15, -0.1) is 11.3 Å². The predicted octanol–water partition coefficient (Wildman–Crippen LogP) is 4.71. The van der Waals surface area contributed by atoms with E-state index in [1.165, 1.54) is 17.6 Å². The van der Waals surface area contributed by atoms with E-state index >= 15 is 0 Å². The molecule has 8 heteroatoms. The average molecular weight is 402 g/mol. The van der Waals surface area contributed by atoms with E-state index in [2.05, 4.69) is 15.8 Å². The Hall–Kier alpha value is -2.90. The van der Waals surface area contributed by atoms with E-state index in [0.29, 0.717) is 31.9 Å². The lowest BCUT2D eigenvalue weighted by molar-refractivity contribution is 0.0952. The number of rotatable bonds is 5. The molecule has 0 aliphatic carbocycles. The molecule has 27 heavy (non-hydrogen) atoms. The first kappa shape index (κ1) is 18.9. The second-order valence-electron chi connectivity index (χ2n) is 5.67. The van der Waals surface area contributed by atoms with Crippen molar-refractivity contribution in [2.45, 2.75) is 13.8 Å². The quantitative estimate of drug-likeness (QED) is 0.479. The minimum atomic E-state index is -0.348. The van der Waals surface area contributed by atoms with Gasteiger partial charge in [-0.05, 0) is 49.7 Å². The fourth-order valence-corrected chi connectivity index (χ4v) is 3.27. The van der Waals surface area contributed by atoms with E-state index in [0.717, 1.165) is 5.56 Å². The minimum absolute atomic E-state index is 0.234. The molecule has 3 rings (SSSR count). The van der Waals surface area contributed by atoms with E-state index in [1.54, 1.807) is 50.2 Å². The van der Waals surface area contributed by atoms with E-state index in [9.17, 15) is 9.59 Å². The summed E-state index contributed by atoms with van der Waals surface area (Å²) in [6.07, 6.45) is 1.45. The number of hydrogen-bond donors (Lipinski definition) is 2. The Balaban J connectivity index is 1.69. The molecule has 0 saturated carbocycles. The first-order valence-electron chi connectivity index (χ1n) is 8.00. The van der Waals surface area contributed by atoms with E-state index in [1.807, 2.05) is 6.07 Å². The van der Waals surface area contributed by atoms with Crippen molar-refractivity contribution >= 4 is 46.2 Å². The van der Waals surface area contributed by atoms with Crippen LogP contribution in [0.1, 0.15) is 38.3 Å². The Labute approximate surface area is 164 Å². The summed E-state index contributed by atoms with van der Waals surface area (Å²) in [6.45, 7) is 3.47. The highest BCUT2D eigenvalue weighted by Gasteiger charge is 2.12. The average Bonchev–Trinajstić information content (AvgIpc) is 3.28. The van der Waals surface area contributed by atoms with Crippen LogP contribution in [0, 0.1) is 6.92 Å². The van der Waals surface area contributed by atoms with Crippen LogP contribution >= 0.6 is 22.9 Å². The number of halogens is 1. The number of anilines is 1. The molecule has 2 aromatic heterocycles. The molecule has 0 unspecified atom stereocenters. The van der Waals surface area contributed by atoms with Crippen LogP contribution in [0.3, 0.4) is 0 Å². The largest absolute Gasteiger partial charge is 0.469 e. The van der Waals surface area contributed by atoms with Crippen LogP contribution in [0.5, 0.6) is 0 Å². The van der Waals surface area contributed by atoms with Gasteiger partial charge in [0.1, 0.15) is 5.76 Å². The van der Waals surface area contributed by atoms with Crippen LogP contribution in [0.15, 0.2) is 58.2 Å². The molecule has 0 bridgehead atoms. The number of furan rings is 1. The van der Waals surface area contributed by atoms with Gasteiger partial charge in [-0.3, -0.25) is 9.59 Å². The topological polar surface area (TPSA) is 83.7 Å². The molecular weight excluding hydrogens is 386 g/mol. The van der Waals surface area contributed by atoms with Crippen molar-refractivity contribution < 1.29 is 14.0 Å². The second kappa shape index (κ2) is 8.20. The van der Waals surface area contributed by atoms with Crippen molar-refractivity contribution in [3.8, 4) is 0 Å². The van der Waals surface area contributed by atoms with Crippen LogP contribution in [0.2, 0.25) is 4.34 Å². The van der Waals surface area contributed by atoms with Gasteiger partial charge in [-0.2, -0.15) is 5.10 Å². The van der Waals surface area contributed by atoms with Crippen molar-refractivity contribution in [2.24, 2.45) is 5.10 Å². The van der Waals surface area contributed by atoms with Crippen molar-refractivity contribution in [1.29, 1.82) is 0 Å². The Morgan fingerprint density at radius 1 is 1.15 bits per heavy atom. The molecule has 0 saturated heterocycles.